The number of thiazole rings is 1. The zero-order chi connectivity index (χ0) is 21.5. The number of aryl methyl sites for hydroxylation is 3. The Balaban J connectivity index is 2.18. The molecular weight excluding hydrogens is 384 g/mol. The van der Waals surface area contributed by atoms with Crippen LogP contribution in [0.1, 0.15) is 43.8 Å². The molecule has 7 heteroatoms. The maximum atomic E-state index is 13.0. The summed E-state index contributed by atoms with van der Waals surface area (Å²) in [4.78, 5) is 32.2. The zero-order valence-electron chi connectivity index (χ0n) is 18.1. The molecule has 1 amide bonds. The van der Waals surface area contributed by atoms with E-state index in [2.05, 4.69) is 16.1 Å². The van der Waals surface area contributed by atoms with Crippen molar-refractivity contribution in [3.8, 4) is 11.3 Å². The van der Waals surface area contributed by atoms with Gasteiger partial charge in [0.05, 0.1) is 9.71 Å². The van der Waals surface area contributed by atoms with E-state index in [0.717, 1.165) is 26.4 Å². The number of benzene rings is 1. The Kier molecular flexibility index (Phi) is 5.89. The lowest BCUT2D eigenvalue weighted by Crippen LogP contribution is -2.45. The van der Waals surface area contributed by atoms with Crippen molar-refractivity contribution in [3.63, 3.8) is 0 Å². The molecule has 0 N–H and O–H groups in total. The molecule has 6 nitrogen and oxygen atoms in total. The van der Waals surface area contributed by atoms with E-state index >= 15 is 0 Å². The molecule has 2 aromatic heterocycles. The van der Waals surface area contributed by atoms with Crippen LogP contribution in [-0.2, 0) is 11.3 Å². The topological polar surface area (TPSA) is 68.1 Å². The SMILES string of the molecule is Cc1ccc(-c2nn(CC(=O)N(C(C)C)C(C)C)c(=O)c3nc(C)sc23)c(C)c1. The first kappa shape index (κ1) is 21.2. The van der Waals surface area contributed by atoms with Crippen LogP contribution >= 0.6 is 11.3 Å². The summed E-state index contributed by atoms with van der Waals surface area (Å²) in [7, 11) is 0. The summed E-state index contributed by atoms with van der Waals surface area (Å²) in [6.45, 7) is 13.8. The third-order valence-electron chi connectivity index (χ3n) is 4.93. The standard InChI is InChI=1S/C22H28N4O2S/c1-12(2)26(13(3)4)18(27)11-25-22(28)20-21(29-16(7)23-20)19(24-25)17-9-8-14(5)10-15(17)6/h8-10,12-13H,11H2,1-7H3. The lowest BCUT2D eigenvalue weighted by atomic mass is 10.0. The van der Waals surface area contributed by atoms with Gasteiger partial charge in [0.15, 0.2) is 5.52 Å². The van der Waals surface area contributed by atoms with Gasteiger partial charge >= 0.3 is 0 Å². The largest absolute Gasteiger partial charge is 0.336 e. The van der Waals surface area contributed by atoms with Crippen LogP contribution < -0.4 is 5.56 Å². The number of aromatic nitrogens is 3. The Morgan fingerprint density at radius 1 is 1.14 bits per heavy atom. The van der Waals surface area contributed by atoms with Crippen LogP contribution in [0.15, 0.2) is 23.0 Å². The number of carbonyl (C=O) groups is 1. The lowest BCUT2D eigenvalue weighted by Gasteiger charge is -2.30. The summed E-state index contributed by atoms with van der Waals surface area (Å²) >= 11 is 1.46. The predicted molar refractivity (Wildman–Crippen MR) is 118 cm³/mol. The van der Waals surface area contributed by atoms with E-state index in [0.29, 0.717) is 11.2 Å². The van der Waals surface area contributed by atoms with Crippen LogP contribution in [0.4, 0.5) is 0 Å². The number of hydrogen-bond acceptors (Lipinski definition) is 5. The second kappa shape index (κ2) is 8.06. The molecule has 0 spiro atoms. The summed E-state index contributed by atoms with van der Waals surface area (Å²) in [6.07, 6.45) is 0. The van der Waals surface area contributed by atoms with E-state index in [4.69, 9.17) is 0 Å². The molecular formula is C22H28N4O2S. The molecule has 3 rings (SSSR count). The van der Waals surface area contributed by atoms with E-state index in [1.807, 2.05) is 60.6 Å². The molecule has 0 unspecified atom stereocenters. The van der Waals surface area contributed by atoms with Gasteiger partial charge in [-0.15, -0.1) is 11.3 Å². The Morgan fingerprint density at radius 3 is 2.38 bits per heavy atom. The number of amides is 1. The number of rotatable bonds is 5. The monoisotopic (exact) mass is 412 g/mol. The zero-order valence-corrected chi connectivity index (χ0v) is 18.9. The van der Waals surface area contributed by atoms with E-state index in [1.165, 1.54) is 16.0 Å². The van der Waals surface area contributed by atoms with Gasteiger partial charge < -0.3 is 4.90 Å². The first-order valence-electron chi connectivity index (χ1n) is 9.87. The minimum absolute atomic E-state index is 0.0438. The highest BCUT2D eigenvalue weighted by molar-refractivity contribution is 7.19. The Labute approximate surface area is 175 Å². The molecule has 0 aliphatic rings. The number of hydrogen-bond donors (Lipinski definition) is 0. The fraction of sp³-hybridized carbons (Fsp3) is 0.455. The Morgan fingerprint density at radius 2 is 1.79 bits per heavy atom. The Bertz CT molecular complexity index is 1120. The fourth-order valence-electron chi connectivity index (χ4n) is 3.81. The van der Waals surface area contributed by atoms with Crippen LogP contribution in [0.3, 0.4) is 0 Å². The van der Waals surface area contributed by atoms with Crippen LogP contribution in [0.25, 0.3) is 21.5 Å². The molecule has 1 aromatic carbocycles. The molecule has 0 aliphatic carbocycles. The molecule has 3 aromatic rings. The van der Waals surface area contributed by atoms with Gasteiger partial charge in [0.1, 0.15) is 12.2 Å². The highest BCUT2D eigenvalue weighted by atomic mass is 32.1. The lowest BCUT2D eigenvalue weighted by molar-refractivity contribution is -0.135. The second-order valence-corrected chi connectivity index (χ2v) is 9.23. The maximum absolute atomic E-state index is 13.0. The molecule has 0 saturated heterocycles. The quantitative estimate of drug-likeness (QED) is 0.633. The normalized spacial score (nSPS) is 11.6. The van der Waals surface area contributed by atoms with Gasteiger partial charge in [-0.05, 0) is 54.0 Å². The van der Waals surface area contributed by atoms with Crippen LogP contribution in [0.2, 0.25) is 0 Å². The average Bonchev–Trinajstić information content (AvgIpc) is 2.99. The molecule has 0 aliphatic heterocycles. The predicted octanol–water partition coefficient (Wildman–Crippen LogP) is 4.09. The molecule has 29 heavy (non-hydrogen) atoms. The summed E-state index contributed by atoms with van der Waals surface area (Å²) in [5.74, 6) is -0.123. The summed E-state index contributed by atoms with van der Waals surface area (Å²) in [6, 6.07) is 6.23. The van der Waals surface area contributed by atoms with Crippen LogP contribution in [-0.4, -0.2) is 37.7 Å². The van der Waals surface area contributed by atoms with Gasteiger partial charge in [0.25, 0.3) is 5.56 Å². The number of carbonyl (C=O) groups excluding carboxylic acids is 1. The molecule has 0 bridgehead atoms. The van der Waals surface area contributed by atoms with Crippen molar-refractivity contribution in [1.82, 2.24) is 19.7 Å². The molecule has 2 heterocycles. The minimum Gasteiger partial charge on any atom is -0.336 e. The highest BCUT2D eigenvalue weighted by Crippen LogP contribution is 2.31. The van der Waals surface area contributed by atoms with Crippen molar-refractivity contribution in [3.05, 3.63) is 44.7 Å². The van der Waals surface area contributed by atoms with Crippen LogP contribution in [0.5, 0.6) is 0 Å². The van der Waals surface area contributed by atoms with E-state index in [1.54, 1.807) is 4.90 Å². The molecule has 0 atom stereocenters. The third kappa shape index (κ3) is 4.10. The van der Waals surface area contributed by atoms with Crippen molar-refractivity contribution in [1.29, 1.82) is 0 Å². The first-order chi connectivity index (χ1) is 13.6. The average molecular weight is 413 g/mol. The summed E-state index contributed by atoms with van der Waals surface area (Å²) in [5, 5.41) is 5.45. The van der Waals surface area contributed by atoms with Crippen molar-refractivity contribution in [2.24, 2.45) is 0 Å². The van der Waals surface area contributed by atoms with Gasteiger partial charge in [-0.1, -0.05) is 23.8 Å². The molecule has 154 valence electrons. The smallest absolute Gasteiger partial charge is 0.294 e. The first-order valence-corrected chi connectivity index (χ1v) is 10.7. The van der Waals surface area contributed by atoms with Gasteiger partial charge in [-0.25, -0.2) is 9.67 Å². The molecule has 0 radical (unpaired) electrons. The molecule has 0 fully saturated rings. The van der Waals surface area contributed by atoms with Gasteiger partial charge in [0, 0.05) is 17.6 Å². The van der Waals surface area contributed by atoms with Gasteiger partial charge in [-0.2, -0.15) is 5.10 Å². The van der Waals surface area contributed by atoms with E-state index in [-0.39, 0.29) is 30.1 Å². The number of fused-ring (bicyclic) bond motifs is 1. The summed E-state index contributed by atoms with van der Waals surface area (Å²) in [5.41, 5.74) is 3.96. The van der Waals surface area contributed by atoms with Crippen LogP contribution in [0, 0.1) is 20.8 Å². The molecule has 0 saturated carbocycles. The van der Waals surface area contributed by atoms with Gasteiger partial charge in [0.2, 0.25) is 5.91 Å². The van der Waals surface area contributed by atoms with Crippen molar-refractivity contribution >= 4 is 27.5 Å². The Hall–Kier alpha value is -2.54. The van der Waals surface area contributed by atoms with E-state index < -0.39 is 0 Å². The van der Waals surface area contributed by atoms with Crippen molar-refractivity contribution in [2.45, 2.75) is 67.1 Å². The maximum Gasteiger partial charge on any atom is 0.294 e. The minimum atomic E-state index is -0.321. The summed E-state index contributed by atoms with van der Waals surface area (Å²) < 4.78 is 2.05. The van der Waals surface area contributed by atoms with E-state index in [9.17, 15) is 9.59 Å². The van der Waals surface area contributed by atoms with Crippen molar-refractivity contribution < 1.29 is 4.79 Å². The highest BCUT2D eigenvalue weighted by Gasteiger charge is 2.23. The second-order valence-electron chi connectivity index (χ2n) is 8.03. The van der Waals surface area contributed by atoms with Crippen molar-refractivity contribution in [2.75, 3.05) is 0 Å². The van der Waals surface area contributed by atoms with Gasteiger partial charge in [-0.3, -0.25) is 9.59 Å². The third-order valence-corrected chi connectivity index (χ3v) is 5.91. The number of nitrogens with zero attached hydrogens (tertiary/aromatic N) is 4. The fourth-order valence-corrected chi connectivity index (χ4v) is 4.72.